The molecular formula is C23H28ClFN2O4S. The van der Waals surface area contributed by atoms with Gasteiger partial charge in [-0.25, -0.2) is 12.8 Å². The van der Waals surface area contributed by atoms with Crippen molar-refractivity contribution in [3.8, 4) is 5.75 Å². The van der Waals surface area contributed by atoms with Crippen LogP contribution in [0.2, 0.25) is 5.02 Å². The van der Waals surface area contributed by atoms with E-state index in [0.717, 1.165) is 10.7 Å². The molecule has 1 saturated heterocycles. The van der Waals surface area contributed by atoms with E-state index in [1.807, 2.05) is 0 Å². The van der Waals surface area contributed by atoms with Gasteiger partial charge in [0.2, 0.25) is 15.9 Å². The summed E-state index contributed by atoms with van der Waals surface area (Å²) in [6.45, 7) is 4.30. The summed E-state index contributed by atoms with van der Waals surface area (Å²) in [6.07, 6.45) is 1.11. The highest BCUT2D eigenvalue weighted by molar-refractivity contribution is 7.89. The van der Waals surface area contributed by atoms with Gasteiger partial charge in [-0.3, -0.25) is 4.79 Å². The number of amides is 1. The summed E-state index contributed by atoms with van der Waals surface area (Å²) < 4.78 is 48.3. The minimum Gasteiger partial charge on any atom is -0.497 e. The van der Waals surface area contributed by atoms with E-state index < -0.39 is 21.9 Å². The molecule has 0 bridgehead atoms. The second kappa shape index (κ2) is 10.2. The Morgan fingerprint density at radius 2 is 1.91 bits per heavy atom. The second-order valence-electron chi connectivity index (χ2n) is 8.30. The third-order valence-corrected chi connectivity index (χ3v) is 8.06. The lowest BCUT2D eigenvalue weighted by Crippen LogP contribution is -2.48. The van der Waals surface area contributed by atoms with Gasteiger partial charge in [0.05, 0.1) is 12.0 Å². The lowest BCUT2D eigenvalue weighted by Gasteiger charge is -2.31. The monoisotopic (exact) mass is 482 g/mol. The van der Waals surface area contributed by atoms with Crippen molar-refractivity contribution in [2.45, 2.75) is 44.2 Å². The van der Waals surface area contributed by atoms with Crippen molar-refractivity contribution in [3.05, 3.63) is 58.9 Å². The zero-order chi connectivity index (χ0) is 23.5. The predicted molar refractivity (Wildman–Crippen MR) is 121 cm³/mol. The Kier molecular flexibility index (Phi) is 7.79. The Hall–Kier alpha value is -2.16. The van der Waals surface area contributed by atoms with E-state index in [1.165, 1.54) is 43.5 Å². The number of carbonyl (C=O) groups is 1. The molecule has 32 heavy (non-hydrogen) atoms. The van der Waals surface area contributed by atoms with Crippen LogP contribution < -0.4 is 10.1 Å². The molecule has 6 nitrogen and oxygen atoms in total. The minimum absolute atomic E-state index is 0.00559. The Morgan fingerprint density at radius 3 is 2.50 bits per heavy atom. The van der Waals surface area contributed by atoms with E-state index in [4.69, 9.17) is 16.3 Å². The van der Waals surface area contributed by atoms with Crippen LogP contribution in [0.3, 0.4) is 0 Å². The number of rotatable bonds is 7. The average Bonchev–Trinajstić information content (AvgIpc) is 2.94. The Balaban J connectivity index is 2.07. The molecule has 3 rings (SSSR count). The quantitative estimate of drug-likeness (QED) is 0.640. The highest BCUT2D eigenvalue weighted by Crippen LogP contribution is 2.31. The molecule has 2 unspecified atom stereocenters. The summed E-state index contributed by atoms with van der Waals surface area (Å²) in [6, 6.07) is 9.02. The zero-order valence-corrected chi connectivity index (χ0v) is 19.9. The molecule has 0 spiro atoms. The lowest BCUT2D eigenvalue weighted by atomic mass is 9.87. The first-order valence-corrected chi connectivity index (χ1v) is 12.3. The summed E-state index contributed by atoms with van der Waals surface area (Å²) in [5.74, 6) is -0.245. The second-order valence-corrected chi connectivity index (χ2v) is 10.6. The van der Waals surface area contributed by atoms with E-state index in [-0.39, 0.29) is 34.7 Å². The van der Waals surface area contributed by atoms with Gasteiger partial charge in [-0.05, 0) is 55.0 Å². The molecule has 0 radical (unpaired) electrons. The first-order valence-electron chi connectivity index (χ1n) is 10.5. The molecule has 2 aromatic rings. The molecule has 1 amide bonds. The number of hydrogen-bond donors (Lipinski definition) is 1. The fourth-order valence-corrected chi connectivity index (χ4v) is 5.62. The number of nitrogens with one attached hydrogen (secondary N) is 1. The molecular weight excluding hydrogens is 455 g/mol. The molecule has 1 aliphatic heterocycles. The first-order chi connectivity index (χ1) is 15.1. The average molecular weight is 483 g/mol. The Bertz CT molecular complexity index is 1060. The van der Waals surface area contributed by atoms with Crippen molar-refractivity contribution in [1.29, 1.82) is 0 Å². The largest absolute Gasteiger partial charge is 0.497 e. The van der Waals surface area contributed by atoms with Crippen molar-refractivity contribution in [2.24, 2.45) is 11.8 Å². The maximum absolute atomic E-state index is 14.8. The van der Waals surface area contributed by atoms with Crippen LogP contribution in [0.25, 0.3) is 0 Å². The Morgan fingerprint density at radius 1 is 1.22 bits per heavy atom. The molecule has 0 saturated carbocycles. The van der Waals surface area contributed by atoms with Crippen LogP contribution in [0.15, 0.2) is 47.4 Å². The van der Waals surface area contributed by atoms with Crippen molar-refractivity contribution in [1.82, 2.24) is 9.62 Å². The summed E-state index contributed by atoms with van der Waals surface area (Å²) >= 11 is 5.93. The molecule has 1 heterocycles. The molecule has 0 aliphatic carbocycles. The molecule has 174 valence electrons. The highest BCUT2D eigenvalue weighted by atomic mass is 35.5. The van der Waals surface area contributed by atoms with Gasteiger partial charge < -0.3 is 10.1 Å². The van der Waals surface area contributed by atoms with Gasteiger partial charge in [0.15, 0.2) is 0 Å². The summed E-state index contributed by atoms with van der Waals surface area (Å²) in [4.78, 5) is 13.0. The van der Waals surface area contributed by atoms with Gasteiger partial charge in [-0.2, -0.15) is 4.31 Å². The fraction of sp³-hybridized carbons (Fsp3) is 0.435. The van der Waals surface area contributed by atoms with Crippen LogP contribution in [0.1, 0.15) is 32.3 Å². The molecule has 1 N–H and O–H groups in total. The maximum atomic E-state index is 14.8. The van der Waals surface area contributed by atoms with Crippen molar-refractivity contribution in [3.63, 3.8) is 0 Å². The number of nitrogens with zero attached hydrogens (tertiary/aromatic N) is 1. The fourth-order valence-electron chi connectivity index (χ4n) is 3.92. The number of methoxy groups -OCH3 is 1. The molecule has 9 heteroatoms. The van der Waals surface area contributed by atoms with Gasteiger partial charge in [0, 0.05) is 29.7 Å². The molecule has 2 aromatic carbocycles. The number of carbonyl (C=O) groups excluding carboxylic acids is 1. The number of halogens is 2. The summed E-state index contributed by atoms with van der Waals surface area (Å²) in [5.41, 5.74) is 0.154. The number of benzene rings is 2. The lowest BCUT2D eigenvalue weighted by molar-refractivity contribution is -0.124. The standard InChI is InChI=1S/C23H28ClFN2O4S/c1-15(2)16-10-11-26-23(28)22(12-16)27(14-17-4-7-19(31-3)13-21(17)25)32(29,30)20-8-5-18(24)6-9-20/h4-9,13,15-16,22H,10-12,14H2,1-3H3,(H,26,28). The zero-order valence-electron chi connectivity index (χ0n) is 18.3. The molecule has 2 atom stereocenters. The van der Waals surface area contributed by atoms with E-state index in [1.54, 1.807) is 6.07 Å². The van der Waals surface area contributed by atoms with Gasteiger partial charge in [0.25, 0.3) is 0 Å². The molecule has 0 aromatic heterocycles. The SMILES string of the molecule is COc1ccc(CN(C2CC(C(C)C)CCNC2=O)S(=O)(=O)c2ccc(Cl)cc2)c(F)c1. The maximum Gasteiger partial charge on any atom is 0.244 e. The summed E-state index contributed by atoms with van der Waals surface area (Å²) in [5, 5.41) is 3.22. The van der Waals surface area contributed by atoms with E-state index in [0.29, 0.717) is 23.7 Å². The number of sulfonamides is 1. The number of hydrogen-bond acceptors (Lipinski definition) is 4. The van der Waals surface area contributed by atoms with Crippen LogP contribution in [-0.2, 0) is 21.4 Å². The van der Waals surface area contributed by atoms with Crippen LogP contribution in [0.5, 0.6) is 5.75 Å². The first kappa shape index (κ1) is 24.5. The van der Waals surface area contributed by atoms with Crippen molar-refractivity contribution in [2.75, 3.05) is 13.7 Å². The van der Waals surface area contributed by atoms with Crippen LogP contribution in [-0.4, -0.2) is 38.3 Å². The Labute approximate surface area is 193 Å². The van der Waals surface area contributed by atoms with Crippen LogP contribution >= 0.6 is 11.6 Å². The predicted octanol–water partition coefficient (Wildman–Crippen LogP) is 4.23. The third kappa shape index (κ3) is 5.42. The van der Waals surface area contributed by atoms with Gasteiger partial charge in [-0.15, -0.1) is 0 Å². The molecule has 1 fully saturated rings. The minimum atomic E-state index is -4.13. The third-order valence-electron chi connectivity index (χ3n) is 5.94. The van der Waals surface area contributed by atoms with Crippen molar-refractivity contribution < 1.29 is 22.3 Å². The van der Waals surface area contributed by atoms with Gasteiger partial charge >= 0.3 is 0 Å². The normalized spacial score (nSPS) is 19.7. The number of ether oxygens (including phenoxy) is 1. The van der Waals surface area contributed by atoms with E-state index in [9.17, 15) is 17.6 Å². The van der Waals surface area contributed by atoms with E-state index >= 15 is 0 Å². The summed E-state index contributed by atoms with van der Waals surface area (Å²) in [7, 11) is -2.71. The van der Waals surface area contributed by atoms with Crippen LogP contribution in [0.4, 0.5) is 4.39 Å². The highest BCUT2D eigenvalue weighted by Gasteiger charge is 2.39. The smallest absolute Gasteiger partial charge is 0.244 e. The van der Waals surface area contributed by atoms with Crippen molar-refractivity contribution >= 4 is 27.5 Å². The topological polar surface area (TPSA) is 75.7 Å². The van der Waals surface area contributed by atoms with Gasteiger partial charge in [0.1, 0.15) is 17.6 Å². The van der Waals surface area contributed by atoms with Gasteiger partial charge in [-0.1, -0.05) is 31.5 Å². The van der Waals surface area contributed by atoms with E-state index in [2.05, 4.69) is 19.2 Å². The van der Waals surface area contributed by atoms with Crippen LogP contribution in [0, 0.1) is 17.7 Å². The molecule has 1 aliphatic rings.